The lowest BCUT2D eigenvalue weighted by atomic mass is 10.0. The van der Waals surface area contributed by atoms with Gasteiger partial charge in [-0.3, -0.25) is 106 Å². The topological polar surface area (TPSA) is 794 Å². The molecular formula is C95H144N24O27. The van der Waals surface area contributed by atoms with E-state index in [0.29, 0.717) is 46.2 Å². The fraction of sp³-hybridized carbons (Fsp3) is 0.600. The van der Waals surface area contributed by atoms with E-state index in [-0.39, 0.29) is 115 Å². The first-order chi connectivity index (χ1) is 69.9. The normalized spacial score (nSPS) is 18.2. The highest BCUT2D eigenvalue weighted by Gasteiger charge is 2.45. The second-order valence-corrected chi connectivity index (χ2v) is 35.8. The Balaban J connectivity index is 1.20. The molecule has 146 heavy (non-hydrogen) atoms. The molecule has 0 aliphatic carbocycles. The second kappa shape index (κ2) is 66.6. The van der Waals surface area contributed by atoms with Crippen molar-refractivity contribution in [1.29, 1.82) is 5.41 Å². The van der Waals surface area contributed by atoms with Crippen LogP contribution < -0.4 is 97.0 Å². The number of aliphatic hydroxyl groups is 2. The summed E-state index contributed by atoms with van der Waals surface area (Å²) in [6.45, 7) is -4.95. The van der Waals surface area contributed by atoms with Crippen molar-refractivity contribution in [3.8, 4) is 0 Å². The van der Waals surface area contributed by atoms with E-state index in [9.17, 15) is 87.5 Å². The SMILES string of the molecule is CCCC[C@H](NC(=O)[C@H](CNC(=O)CN(CC(=O)O)CC(=O)O)NC(=O)[C@H](Cc1c[nH]cn1)NC(=O)[C@H](CCC(N)=O)NC(=O)[C@H](CO)NC(=O)CNC(=O)COCCOCCNC(=O)CCCCCCCCCCCCCCC(=O)O)C(=O)N[C@H]1CCC(=O)NCCCC[C@@H](C(N)=O)NC(=O)[C@H](Cc2c[nH]c3ccccc23)NC(=O)[C@H](CCCNC(=N)N)NC(=O)[C@@H](Cc2ccccc2)NC(=O)[C@@H]2C[C@@H](O)CN2C1=O. The summed E-state index contributed by atoms with van der Waals surface area (Å²) in [6, 6.07) is -3.51. The number of fused-ring (bicyclic) bond motifs is 2. The number of para-hydroxylation sites is 1. The van der Waals surface area contributed by atoms with Crippen molar-refractivity contribution < 1.29 is 131 Å². The van der Waals surface area contributed by atoms with Crippen LogP contribution in [0.1, 0.15) is 197 Å². The number of hydrogen-bond acceptors (Lipinski definition) is 27. The predicted octanol–water partition coefficient (Wildman–Crippen LogP) is -4.60. The number of aromatic nitrogens is 3. The third kappa shape index (κ3) is 47.0. The Morgan fingerprint density at radius 1 is 0.555 bits per heavy atom. The molecule has 6 rings (SSSR count). The van der Waals surface area contributed by atoms with Crippen molar-refractivity contribution in [2.45, 2.75) is 272 Å². The van der Waals surface area contributed by atoms with Gasteiger partial charge < -0.3 is 147 Å². The summed E-state index contributed by atoms with van der Waals surface area (Å²) in [7, 11) is 0. The maximum atomic E-state index is 15.5. The Hall–Kier alpha value is -14.3. The number of carbonyl (C=O) groups excluding carboxylic acids is 17. The minimum absolute atomic E-state index is 0.0131. The van der Waals surface area contributed by atoms with Crippen LogP contribution in [0.3, 0.4) is 0 Å². The number of aromatic amines is 2. The molecule has 2 aliphatic rings. The van der Waals surface area contributed by atoms with Gasteiger partial charge in [0.05, 0.1) is 70.7 Å². The van der Waals surface area contributed by atoms with Gasteiger partial charge >= 0.3 is 17.9 Å². The third-order valence-corrected chi connectivity index (χ3v) is 23.9. The average Bonchev–Trinajstić information content (AvgIpc) is 1.46. The zero-order valence-electron chi connectivity index (χ0n) is 82.3. The van der Waals surface area contributed by atoms with E-state index in [1.807, 2.05) is 0 Å². The standard InChI is InChI=1S/C95H144N24O27/c1-2-3-27-65(85(135)113-68-34-36-77(124)101-37-22-21-29-64(84(97)134)109-89(139)70(44-59-47-104-63-28-20-19-26-62(59)63)114-86(136)66(30-23-38-103-95(98)99)110-88(138)69(43-58-24-15-14-16-25-58)116-93(143)74-46-61(121)51-119(74)94(68)144)111-91(141)72(49-105-79(126)52-118(53-82(130)131)54-83(132)133)117-90(140)71(45-60-48-100-57-107-60)115-87(137)67(33-35-75(96)122)112-92(142)73(55-120)108-78(125)50-106-80(127)56-146-42-41-145-40-39-102-76(123)31-17-12-10-8-6-4-5-7-9-11-13-18-32-81(128)129/h14-16,19-20,24-26,28,47-48,57,61,64-74,104,120-121H,2-13,17-18,21-23,27,29-46,49-56H2,1H3,(H2,96,122)(H2,97,134)(H,100,107)(H,101,124)(H,102,123)(H,105,126)(H,106,127)(H,108,125)(H,109,139)(H,110,138)(H,111,141)(H,112,142)(H,113,135)(H,114,136)(H,115,137)(H,116,143)(H,117,140)(H,128,129)(H,130,131)(H,132,133)(H4,98,99,103)/t61-,64+,65+,66+,67+,68+,69-,70+,71+,72+,73+,74+/m1/s1. The molecule has 0 unspecified atom stereocenters. The number of benzene rings is 2. The van der Waals surface area contributed by atoms with Gasteiger partial charge in [0.1, 0.15) is 73.1 Å². The first-order valence-corrected chi connectivity index (χ1v) is 49.3. The fourth-order valence-electron chi connectivity index (χ4n) is 16.2. The molecule has 2 aromatic heterocycles. The van der Waals surface area contributed by atoms with Crippen molar-refractivity contribution in [1.82, 2.24) is 105 Å². The van der Waals surface area contributed by atoms with Crippen molar-refractivity contribution in [3.05, 3.63) is 90.1 Å². The van der Waals surface area contributed by atoms with Crippen LogP contribution in [-0.4, -0.2) is 339 Å². The summed E-state index contributed by atoms with van der Waals surface area (Å²) in [5, 5.41) is 96.3. The van der Waals surface area contributed by atoms with Crippen molar-refractivity contribution >= 4 is 135 Å². The van der Waals surface area contributed by atoms with Gasteiger partial charge in [-0.25, -0.2) is 4.98 Å². The number of nitrogens with zero attached hydrogens (tertiary/aromatic N) is 3. The number of guanidine groups is 1. The molecule has 4 heterocycles. The number of aliphatic carboxylic acids is 3. The number of nitrogens with one attached hydrogen (secondary N) is 18. The summed E-state index contributed by atoms with van der Waals surface area (Å²) < 4.78 is 10.8. The summed E-state index contributed by atoms with van der Waals surface area (Å²) in [5.74, 6) is -21.2. The largest absolute Gasteiger partial charge is 0.481 e. The van der Waals surface area contributed by atoms with E-state index < -0.39 is 282 Å². The van der Waals surface area contributed by atoms with Crippen LogP contribution >= 0.6 is 0 Å². The zero-order valence-corrected chi connectivity index (χ0v) is 82.3. The van der Waals surface area contributed by atoms with E-state index >= 15 is 28.8 Å². The molecule has 2 aliphatic heterocycles. The van der Waals surface area contributed by atoms with E-state index in [1.54, 1.807) is 67.7 Å². The van der Waals surface area contributed by atoms with Gasteiger partial charge in [0, 0.05) is 107 Å². The highest BCUT2D eigenvalue weighted by atomic mass is 16.5. The summed E-state index contributed by atoms with van der Waals surface area (Å²) >= 11 is 0. The van der Waals surface area contributed by atoms with E-state index in [2.05, 4.69) is 94.7 Å². The van der Waals surface area contributed by atoms with E-state index in [0.717, 1.165) is 75.5 Å². The second-order valence-electron chi connectivity index (χ2n) is 35.8. The maximum absolute atomic E-state index is 15.5. The summed E-state index contributed by atoms with van der Waals surface area (Å²) in [6.07, 6.45) is 11.7. The number of amides is 17. The molecule has 0 spiro atoms. The number of hydrogen-bond donors (Lipinski definition) is 26. The van der Waals surface area contributed by atoms with E-state index in [4.69, 9.17) is 37.2 Å². The fourth-order valence-corrected chi connectivity index (χ4v) is 16.2. The van der Waals surface area contributed by atoms with Crippen molar-refractivity contribution in [2.75, 3.05) is 91.9 Å². The Labute approximate surface area is 843 Å². The minimum Gasteiger partial charge on any atom is -0.481 e. The Morgan fingerprint density at radius 3 is 1.79 bits per heavy atom. The van der Waals surface area contributed by atoms with Crippen LogP contribution in [0.25, 0.3) is 10.9 Å². The lowest BCUT2D eigenvalue weighted by molar-refractivity contribution is -0.143. The van der Waals surface area contributed by atoms with Gasteiger partial charge in [-0.15, -0.1) is 0 Å². The van der Waals surface area contributed by atoms with Crippen molar-refractivity contribution in [3.63, 3.8) is 0 Å². The number of unbranched alkanes of at least 4 members (excludes halogenated alkanes) is 12. The van der Waals surface area contributed by atoms with Crippen LogP contribution in [0.15, 0.2) is 73.3 Å². The van der Waals surface area contributed by atoms with Gasteiger partial charge in [-0.2, -0.15) is 0 Å². The third-order valence-electron chi connectivity index (χ3n) is 23.9. The number of ether oxygens (including phenoxy) is 2. The number of carboxylic acids is 3. The zero-order chi connectivity index (χ0) is 107. The number of imidazole rings is 1. The van der Waals surface area contributed by atoms with Crippen LogP contribution in [0.4, 0.5) is 0 Å². The maximum Gasteiger partial charge on any atom is 0.317 e. The molecule has 0 radical (unpaired) electrons. The van der Waals surface area contributed by atoms with Gasteiger partial charge in [-0.1, -0.05) is 133 Å². The average molecular weight is 2050 g/mol. The Morgan fingerprint density at radius 2 is 1.15 bits per heavy atom. The quantitative estimate of drug-likeness (QED) is 0.0112. The summed E-state index contributed by atoms with van der Waals surface area (Å²) in [5.41, 5.74) is 18.8. The van der Waals surface area contributed by atoms with Crippen molar-refractivity contribution in [2.24, 2.45) is 17.2 Å². The molecule has 51 nitrogen and oxygen atoms in total. The first kappa shape index (κ1) is 120. The molecular weight excluding hydrogens is 1910 g/mol. The summed E-state index contributed by atoms with van der Waals surface area (Å²) in [4.78, 5) is 287. The lowest BCUT2D eigenvalue weighted by Gasteiger charge is -2.31. The van der Waals surface area contributed by atoms with Gasteiger partial charge in [0.2, 0.25) is 100 Å². The van der Waals surface area contributed by atoms with Crippen LogP contribution in [0.2, 0.25) is 0 Å². The minimum atomic E-state index is -2.08. The Kier molecular flexibility index (Phi) is 54.9. The number of nitrogens with two attached hydrogens (primary N) is 3. The van der Waals surface area contributed by atoms with Crippen LogP contribution in [0.5, 0.6) is 0 Å². The van der Waals surface area contributed by atoms with Gasteiger partial charge in [-0.05, 0) is 81.4 Å². The number of rotatable bonds is 62. The molecule has 2 fully saturated rings. The van der Waals surface area contributed by atoms with E-state index in [1.165, 1.54) is 12.5 Å². The molecule has 2 saturated heterocycles. The van der Waals surface area contributed by atoms with Gasteiger partial charge in [0.25, 0.3) is 0 Å². The number of primary amides is 2. The van der Waals surface area contributed by atoms with Crippen LogP contribution in [-0.2, 0) is 125 Å². The first-order valence-electron chi connectivity index (χ1n) is 49.3. The number of carboxylic acid groups (broad SMARTS) is 3. The molecule has 12 atom stereocenters. The monoisotopic (exact) mass is 2050 g/mol. The highest BCUT2D eigenvalue weighted by molar-refractivity contribution is 6.01. The predicted molar refractivity (Wildman–Crippen MR) is 524 cm³/mol. The number of carbonyl (C=O) groups is 20. The molecule has 4 aromatic rings. The molecule has 17 amide bonds. The lowest BCUT2D eigenvalue weighted by Crippen LogP contribution is -2.62. The number of aliphatic hydroxyl groups excluding tert-OH is 2. The molecule has 0 saturated carbocycles. The highest BCUT2D eigenvalue weighted by Crippen LogP contribution is 2.24. The molecule has 806 valence electrons. The molecule has 51 heteroatoms. The number of H-pyrrole nitrogens is 2. The molecule has 29 N–H and O–H groups in total. The van der Waals surface area contributed by atoms with Crippen LogP contribution in [0, 0.1) is 5.41 Å². The molecule has 0 bridgehead atoms. The molecule has 2 aromatic carbocycles. The Bertz CT molecular complexity index is 4940. The smallest absolute Gasteiger partial charge is 0.317 e. The van der Waals surface area contributed by atoms with Gasteiger partial charge in [0.15, 0.2) is 5.96 Å².